The Morgan fingerprint density at radius 3 is 2.79 bits per heavy atom. The van der Waals surface area contributed by atoms with Crippen LogP contribution in [0.1, 0.15) is 16.9 Å². The van der Waals surface area contributed by atoms with Crippen LogP contribution < -0.4 is 10.1 Å². The van der Waals surface area contributed by atoms with Crippen molar-refractivity contribution in [3.05, 3.63) is 66.4 Å². The molecule has 3 atom stereocenters. The first kappa shape index (κ1) is 17.3. The summed E-state index contributed by atoms with van der Waals surface area (Å²) >= 11 is 0. The molecule has 1 saturated carbocycles. The number of rotatable bonds is 5. The smallest absolute Gasteiger partial charge is 0.269 e. The molecule has 3 aromatic rings. The van der Waals surface area contributed by atoms with E-state index < -0.39 is 0 Å². The number of amides is 1. The molecule has 1 aliphatic heterocycles. The maximum absolute atomic E-state index is 12.7. The molecule has 0 bridgehead atoms. The molecular formula is C22H19N5O2. The number of nitrogens with one attached hydrogen (secondary N) is 2. The predicted octanol–water partition coefficient (Wildman–Crippen LogP) is 3.15. The third kappa shape index (κ3) is 3.29. The molecule has 1 aliphatic carbocycles. The molecule has 7 heteroatoms. The summed E-state index contributed by atoms with van der Waals surface area (Å²) in [5.41, 5.74) is 1.82. The number of carbonyl (C=O) groups excluding carboxylic acids is 1. The van der Waals surface area contributed by atoms with Gasteiger partial charge in [-0.2, -0.15) is 10.4 Å². The second kappa shape index (κ2) is 6.99. The fourth-order valence-corrected chi connectivity index (χ4v) is 3.95. The first-order valence-electron chi connectivity index (χ1n) is 9.58. The second-order valence-electron chi connectivity index (χ2n) is 7.38. The molecule has 1 unspecified atom stereocenters. The van der Waals surface area contributed by atoms with Gasteiger partial charge in [-0.15, -0.1) is 0 Å². The normalized spacial score (nSPS) is 21.9. The number of benzene rings is 2. The highest BCUT2D eigenvalue weighted by molar-refractivity contribution is 5.93. The summed E-state index contributed by atoms with van der Waals surface area (Å²) in [4.78, 5) is 14.4. The summed E-state index contributed by atoms with van der Waals surface area (Å²) in [6.45, 7) is 0.576. The van der Waals surface area contributed by atoms with E-state index in [0.717, 1.165) is 17.7 Å². The van der Waals surface area contributed by atoms with Gasteiger partial charge in [-0.1, -0.05) is 30.3 Å². The largest absolute Gasteiger partial charge is 0.457 e. The third-order valence-corrected chi connectivity index (χ3v) is 5.52. The molecule has 2 aromatic carbocycles. The van der Waals surface area contributed by atoms with Crippen LogP contribution in [0.4, 0.5) is 0 Å². The minimum Gasteiger partial charge on any atom is -0.457 e. The Labute approximate surface area is 167 Å². The van der Waals surface area contributed by atoms with Gasteiger partial charge in [0.05, 0.1) is 11.7 Å². The number of H-pyrrole nitrogens is 1. The summed E-state index contributed by atoms with van der Waals surface area (Å²) in [5.74, 6) is 1.57. The van der Waals surface area contributed by atoms with Crippen LogP contribution in [0.25, 0.3) is 11.3 Å². The number of likely N-dealkylation sites (tertiary alicyclic amines) is 1. The van der Waals surface area contributed by atoms with Crippen LogP contribution in [-0.4, -0.2) is 39.6 Å². The van der Waals surface area contributed by atoms with E-state index in [2.05, 4.69) is 21.7 Å². The zero-order chi connectivity index (χ0) is 19.8. The Hall–Kier alpha value is -3.79. The maximum atomic E-state index is 12.7. The summed E-state index contributed by atoms with van der Waals surface area (Å²) < 4.78 is 5.99. The summed E-state index contributed by atoms with van der Waals surface area (Å²) in [6, 6.07) is 19.1. The van der Waals surface area contributed by atoms with Gasteiger partial charge in [0.25, 0.3) is 5.91 Å². The highest BCUT2D eigenvalue weighted by atomic mass is 16.5. The average Bonchev–Trinajstić information content (AvgIpc) is 3.25. The lowest BCUT2D eigenvalue weighted by Crippen LogP contribution is -2.39. The SMILES string of the molecule is N#CN1C[C@H](NC(=O)c2cc(-c3ccccc3Oc3ccccc3)n[nH]2)[C@@H]2CC21. The van der Waals surface area contributed by atoms with Crippen molar-refractivity contribution in [2.45, 2.75) is 18.5 Å². The lowest BCUT2D eigenvalue weighted by molar-refractivity contribution is 0.0928. The highest BCUT2D eigenvalue weighted by Gasteiger charge is 2.54. The van der Waals surface area contributed by atoms with E-state index >= 15 is 0 Å². The van der Waals surface area contributed by atoms with Crippen molar-refractivity contribution in [1.29, 1.82) is 5.26 Å². The van der Waals surface area contributed by atoms with Gasteiger partial charge in [0.2, 0.25) is 0 Å². The van der Waals surface area contributed by atoms with Crippen molar-refractivity contribution in [3.8, 4) is 28.9 Å². The minimum absolute atomic E-state index is 0.00704. The van der Waals surface area contributed by atoms with Gasteiger partial charge in [0, 0.05) is 24.1 Å². The Balaban J connectivity index is 1.33. The Morgan fingerprint density at radius 2 is 2.00 bits per heavy atom. The number of aromatic amines is 1. The van der Waals surface area contributed by atoms with E-state index in [-0.39, 0.29) is 11.9 Å². The zero-order valence-electron chi connectivity index (χ0n) is 15.6. The van der Waals surface area contributed by atoms with Crippen molar-refractivity contribution in [1.82, 2.24) is 20.4 Å². The van der Waals surface area contributed by atoms with Crippen molar-refractivity contribution in [3.63, 3.8) is 0 Å². The fourth-order valence-electron chi connectivity index (χ4n) is 3.95. The van der Waals surface area contributed by atoms with Crippen LogP contribution in [0.2, 0.25) is 0 Å². The van der Waals surface area contributed by atoms with E-state index in [4.69, 9.17) is 10.00 Å². The molecule has 0 radical (unpaired) electrons. The van der Waals surface area contributed by atoms with E-state index in [9.17, 15) is 4.79 Å². The molecule has 2 aliphatic rings. The van der Waals surface area contributed by atoms with Gasteiger partial charge in [-0.3, -0.25) is 9.89 Å². The minimum atomic E-state index is -0.208. The number of hydrogen-bond acceptors (Lipinski definition) is 5. The molecule has 1 saturated heterocycles. The van der Waals surface area contributed by atoms with Crippen LogP contribution in [0.3, 0.4) is 0 Å². The molecule has 5 rings (SSSR count). The molecule has 0 spiro atoms. The van der Waals surface area contributed by atoms with Crippen molar-refractivity contribution < 1.29 is 9.53 Å². The van der Waals surface area contributed by atoms with Gasteiger partial charge < -0.3 is 15.0 Å². The van der Waals surface area contributed by atoms with Crippen LogP contribution in [0, 0.1) is 17.4 Å². The van der Waals surface area contributed by atoms with Gasteiger partial charge in [-0.05, 0) is 36.8 Å². The Kier molecular flexibility index (Phi) is 4.17. The number of para-hydroxylation sites is 2. The molecular weight excluding hydrogens is 366 g/mol. The number of fused-ring (bicyclic) bond motifs is 1. The number of nitrogens with zero attached hydrogens (tertiary/aromatic N) is 3. The number of piperidine rings is 1. The van der Waals surface area contributed by atoms with Crippen LogP contribution in [0.5, 0.6) is 11.5 Å². The van der Waals surface area contributed by atoms with Gasteiger partial charge in [-0.25, -0.2) is 0 Å². The van der Waals surface area contributed by atoms with Crippen molar-refractivity contribution >= 4 is 5.91 Å². The second-order valence-corrected chi connectivity index (χ2v) is 7.38. The zero-order valence-corrected chi connectivity index (χ0v) is 15.6. The maximum Gasteiger partial charge on any atom is 0.269 e. The lowest BCUT2D eigenvalue weighted by atomic mass is 10.1. The first-order chi connectivity index (χ1) is 14.2. The standard InChI is InChI=1S/C22H19N5O2/c23-13-27-12-19(16-10-20(16)27)24-22(28)18-11-17(25-26-18)15-8-4-5-9-21(15)29-14-6-2-1-3-7-14/h1-9,11,16,19-20H,10,12H2,(H,24,28)(H,25,26)/t16-,19-,20?/m0/s1. The summed E-state index contributed by atoms with van der Waals surface area (Å²) in [6.07, 6.45) is 3.17. The fraction of sp³-hybridized carbons (Fsp3) is 0.227. The number of nitriles is 1. The monoisotopic (exact) mass is 385 g/mol. The molecule has 1 aromatic heterocycles. The van der Waals surface area contributed by atoms with Gasteiger partial charge in [0.15, 0.2) is 6.19 Å². The van der Waals surface area contributed by atoms with E-state index in [1.165, 1.54) is 0 Å². The topological polar surface area (TPSA) is 94.0 Å². The summed E-state index contributed by atoms with van der Waals surface area (Å²) in [7, 11) is 0. The lowest BCUT2D eigenvalue weighted by Gasteiger charge is -2.15. The third-order valence-electron chi connectivity index (χ3n) is 5.52. The predicted molar refractivity (Wildman–Crippen MR) is 106 cm³/mol. The van der Waals surface area contributed by atoms with Crippen LogP contribution >= 0.6 is 0 Å². The van der Waals surface area contributed by atoms with E-state index in [1.54, 1.807) is 11.0 Å². The first-order valence-corrected chi connectivity index (χ1v) is 9.58. The number of ether oxygens (including phenoxy) is 1. The highest BCUT2D eigenvalue weighted by Crippen LogP contribution is 2.44. The van der Waals surface area contributed by atoms with Crippen molar-refractivity contribution in [2.75, 3.05) is 6.54 Å². The summed E-state index contributed by atoms with van der Waals surface area (Å²) in [5, 5.41) is 19.3. The van der Waals surface area contributed by atoms with E-state index in [0.29, 0.717) is 35.6 Å². The van der Waals surface area contributed by atoms with Crippen LogP contribution in [-0.2, 0) is 0 Å². The number of hydrogen-bond donors (Lipinski definition) is 2. The molecule has 144 valence electrons. The molecule has 2 fully saturated rings. The molecule has 7 nitrogen and oxygen atoms in total. The average molecular weight is 385 g/mol. The quantitative estimate of drug-likeness (QED) is 0.658. The molecule has 2 heterocycles. The van der Waals surface area contributed by atoms with Gasteiger partial charge in [0.1, 0.15) is 17.2 Å². The van der Waals surface area contributed by atoms with Gasteiger partial charge >= 0.3 is 0 Å². The Morgan fingerprint density at radius 1 is 1.21 bits per heavy atom. The number of aromatic nitrogens is 2. The number of carbonyl (C=O) groups is 1. The molecule has 29 heavy (non-hydrogen) atoms. The molecule has 1 amide bonds. The molecule has 2 N–H and O–H groups in total. The van der Waals surface area contributed by atoms with Crippen LogP contribution in [0.15, 0.2) is 60.7 Å². The Bertz CT molecular complexity index is 1090. The van der Waals surface area contributed by atoms with Crippen molar-refractivity contribution in [2.24, 2.45) is 5.92 Å². The van der Waals surface area contributed by atoms with E-state index in [1.807, 2.05) is 54.6 Å².